The van der Waals surface area contributed by atoms with Gasteiger partial charge in [-0.3, -0.25) is 4.90 Å². The lowest BCUT2D eigenvalue weighted by Gasteiger charge is -2.42. The molecule has 2 amide bonds. The first-order valence-electron chi connectivity index (χ1n) is 16.1. The highest BCUT2D eigenvalue weighted by Gasteiger charge is 2.39. The zero-order chi connectivity index (χ0) is 31.9. The topological polar surface area (TPSA) is 103 Å². The average Bonchev–Trinajstić information content (AvgIpc) is 3.52. The first-order valence-corrected chi connectivity index (χ1v) is 16.1. The van der Waals surface area contributed by atoms with E-state index in [4.69, 9.17) is 9.47 Å². The molecule has 8 heteroatoms. The minimum atomic E-state index is -0.560. The molecule has 2 saturated heterocycles. The molecule has 2 fully saturated rings. The predicted molar refractivity (Wildman–Crippen MR) is 177 cm³/mol. The van der Waals surface area contributed by atoms with Crippen molar-refractivity contribution in [3.05, 3.63) is 131 Å². The van der Waals surface area contributed by atoms with Crippen molar-refractivity contribution in [2.24, 2.45) is 5.92 Å². The van der Waals surface area contributed by atoms with Crippen molar-refractivity contribution in [2.45, 2.75) is 57.6 Å². The van der Waals surface area contributed by atoms with Crippen molar-refractivity contribution in [3.63, 3.8) is 0 Å². The summed E-state index contributed by atoms with van der Waals surface area (Å²) in [5.41, 5.74) is 6.98. The molecule has 2 aliphatic rings. The third-order valence-corrected chi connectivity index (χ3v) is 9.06. The minimum absolute atomic E-state index is 0.0000000610. The molecule has 0 bridgehead atoms. The molecule has 4 aromatic rings. The van der Waals surface area contributed by atoms with Gasteiger partial charge in [0.15, 0.2) is 6.29 Å². The Morgan fingerprint density at radius 2 is 1.52 bits per heavy atom. The first kappa shape index (κ1) is 31.9. The number of aliphatic hydroxyl groups is 2. The zero-order valence-electron chi connectivity index (χ0n) is 26.2. The Labute approximate surface area is 271 Å². The van der Waals surface area contributed by atoms with Gasteiger partial charge in [-0.1, -0.05) is 110 Å². The smallest absolute Gasteiger partial charge is 0.315 e. The number of likely N-dealkylation sites (tertiary alicyclic amines) is 1. The SMILES string of the molecule is C[C@H]1[C@@H](CN2CC[C@H](O)C2)O[C@@H](c2ccc(-c3ccccc3CNC(=O)NCc3ccccc3)cc2)O[C@H]1c1ccc(CO)cc1. The monoisotopic (exact) mass is 621 g/mol. The number of benzene rings is 4. The summed E-state index contributed by atoms with van der Waals surface area (Å²) in [4.78, 5) is 14.8. The van der Waals surface area contributed by atoms with E-state index in [2.05, 4.69) is 52.8 Å². The van der Waals surface area contributed by atoms with E-state index in [1.807, 2.05) is 72.8 Å². The third kappa shape index (κ3) is 7.84. The van der Waals surface area contributed by atoms with Gasteiger partial charge in [0.05, 0.1) is 24.9 Å². The highest BCUT2D eigenvalue weighted by Crippen LogP contribution is 2.42. The van der Waals surface area contributed by atoms with E-state index in [9.17, 15) is 15.0 Å². The number of nitrogens with one attached hydrogen (secondary N) is 2. The number of hydrogen-bond acceptors (Lipinski definition) is 6. The summed E-state index contributed by atoms with van der Waals surface area (Å²) in [5.74, 6) is 0.0810. The predicted octanol–water partition coefficient (Wildman–Crippen LogP) is 5.70. The number of ether oxygens (including phenoxy) is 2. The molecule has 2 heterocycles. The van der Waals surface area contributed by atoms with Crippen LogP contribution in [0.25, 0.3) is 11.1 Å². The minimum Gasteiger partial charge on any atom is -0.392 e. The van der Waals surface area contributed by atoms with E-state index in [0.29, 0.717) is 19.6 Å². The quantitative estimate of drug-likeness (QED) is 0.181. The molecule has 0 aliphatic carbocycles. The highest BCUT2D eigenvalue weighted by molar-refractivity contribution is 5.75. The first-order chi connectivity index (χ1) is 22.5. The van der Waals surface area contributed by atoms with E-state index in [-0.39, 0.29) is 36.9 Å². The number of hydrogen-bond donors (Lipinski definition) is 4. The van der Waals surface area contributed by atoms with Gasteiger partial charge in [-0.15, -0.1) is 0 Å². The van der Waals surface area contributed by atoms with Crippen LogP contribution in [-0.2, 0) is 29.2 Å². The molecule has 4 N–H and O–H groups in total. The van der Waals surface area contributed by atoms with Gasteiger partial charge in [-0.2, -0.15) is 0 Å². The molecular weight excluding hydrogens is 578 g/mol. The second-order valence-electron chi connectivity index (χ2n) is 12.3. The normalized spacial score (nSPS) is 23.2. The van der Waals surface area contributed by atoms with Crippen LogP contribution in [0.1, 0.15) is 53.6 Å². The van der Waals surface area contributed by atoms with Crippen LogP contribution in [0.2, 0.25) is 0 Å². The van der Waals surface area contributed by atoms with Crippen LogP contribution in [0.5, 0.6) is 0 Å². The highest BCUT2D eigenvalue weighted by atomic mass is 16.7. The fourth-order valence-electron chi connectivity index (χ4n) is 6.35. The summed E-state index contributed by atoms with van der Waals surface area (Å²) in [6.07, 6.45) is -0.351. The summed E-state index contributed by atoms with van der Waals surface area (Å²) in [5, 5.41) is 25.6. The Hall–Kier alpha value is -4.05. The largest absolute Gasteiger partial charge is 0.392 e. The van der Waals surface area contributed by atoms with Gasteiger partial charge >= 0.3 is 6.03 Å². The number of urea groups is 1. The molecule has 46 heavy (non-hydrogen) atoms. The Morgan fingerprint density at radius 1 is 0.826 bits per heavy atom. The summed E-state index contributed by atoms with van der Waals surface area (Å²) >= 11 is 0. The van der Waals surface area contributed by atoms with Crippen LogP contribution in [0.3, 0.4) is 0 Å². The lowest BCUT2D eigenvalue weighted by Crippen LogP contribution is -2.44. The number of rotatable bonds is 10. The van der Waals surface area contributed by atoms with E-state index >= 15 is 0 Å². The van der Waals surface area contributed by atoms with E-state index < -0.39 is 6.29 Å². The van der Waals surface area contributed by atoms with Crippen LogP contribution in [-0.4, -0.2) is 53.0 Å². The molecule has 2 aliphatic heterocycles. The average molecular weight is 622 g/mol. The van der Waals surface area contributed by atoms with Crippen molar-refractivity contribution in [2.75, 3.05) is 19.6 Å². The van der Waals surface area contributed by atoms with Crippen LogP contribution in [0.4, 0.5) is 4.79 Å². The van der Waals surface area contributed by atoms with Crippen molar-refractivity contribution in [1.82, 2.24) is 15.5 Å². The lowest BCUT2D eigenvalue weighted by atomic mass is 9.90. The van der Waals surface area contributed by atoms with E-state index in [0.717, 1.165) is 58.5 Å². The van der Waals surface area contributed by atoms with Gasteiger partial charge < -0.3 is 30.3 Å². The maximum Gasteiger partial charge on any atom is 0.315 e. The van der Waals surface area contributed by atoms with Gasteiger partial charge in [0, 0.05) is 44.2 Å². The fourth-order valence-corrected chi connectivity index (χ4v) is 6.35. The molecule has 0 spiro atoms. The maximum absolute atomic E-state index is 12.5. The number of β-amino-alcohol motifs (C(OH)–C–C–N with tert-alkyl or cyclic N) is 1. The lowest BCUT2D eigenvalue weighted by molar-refractivity contribution is -0.276. The number of carbonyl (C=O) groups excluding carboxylic acids is 1. The fraction of sp³-hybridized carbons (Fsp3) is 0.342. The summed E-state index contributed by atoms with van der Waals surface area (Å²) in [6.45, 7) is 5.26. The van der Waals surface area contributed by atoms with Crippen molar-refractivity contribution in [3.8, 4) is 11.1 Å². The Morgan fingerprint density at radius 3 is 2.24 bits per heavy atom. The Balaban J connectivity index is 1.16. The second-order valence-corrected chi connectivity index (χ2v) is 12.3. The standard InChI is InChI=1S/C38H43N3O5/c1-26-35(24-41-20-19-33(43)23-41)45-37(46-36(26)30-13-11-28(25-42)12-14-30)31-17-15-29(16-18-31)34-10-6-5-9-32(34)22-40-38(44)39-21-27-7-3-2-4-8-27/h2-18,26,33,35-37,42-43H,19-25H2,1H3,(H2,39,40,44)/t26-,33-,35+,36+,37+/m0/s1. The molecule has 0 aromatic heterocycles. The van der Waals surface area contributed by atoms with E-state index in [1.165, 1.54) is 0 Å². The zero-order valence-corrected chi connectivity index (χ0v) is 26.2. The maximum atomic E-state index is 12.5. The van der Waals surface area contributed by atoms with Crippen LogP contribution in [0.15, 0.2) is 103 Å². The number of carbonyl (C=O) groups is 1. The molecule has 6 rings (SSSR count). The van der Waals surface area contributed by atoms with Crippen molar-refractivity contribution >= 4 is 6.03 Å². The molecule has 0 radical (unpaired) electrons. The van der Waals surface area contributed by atoms with Crippen molar-refractivity contribution < 1.29 is 24.5 Å². The Kier molecular flexibility index (Phi) is 10.4. The van der Waals surface area contributed by atoms with Crippen LogP contribution in [0, 0.1) is 5.92 Å². The number of aliphatic hydroxyl groups excluding tert-OH is 2. The number of amides is 2. The molecule has 4 aromatic carbocycles. The van der Waals surface area contributed by atoms with Crippen LogP contribution < -0.4 is 10.6 Å². The van der Waals surface area contributed by atoms with Crippen LogP contribution >= 0.6 is 0 Å². The van der Waals surface area contributed by atoms with Gasteiger partial charge in [0.2, 0.25) is 0 Å². The summed E-state index contributed by atoms with van der Waals surface area (Å²) in [7, 11) is 0. The molecule has 0 unspecified atom stereocenters. The molecule has 0 saturated carbocycles. The summed E-state index contributed by atoms with van der Waals surface area (Å²) in [6, 6.07) is 33.9. The number of nitrogens with zero attached hydrogens (tertiary/aromatic N) is 1. The molecule has 240 valence electrons. The Bertz CT molecular complexity index is 1560. The van der Waals surface area contributed by atoms with Crippen molar-refractivity contribution in [1.29, 1.82) is 0 Å². The molecule has 5 atom stereocenters. The van der Waals surface area contributed by atoms with E-state index in [1.54, 1.807) is 0 Å². The van der Waals surface area contributed by atoms with Gasteiger partial charge in [0.25, 0.3) is 0 Å². The summed E-state index contributed by atoms with van der Waals surface area (Å²) < 4.78 is 13.3. The molecular formula is C38H43N3O5. The molecule has 8 nitrogen and oxygen atoms in total. The second kappa shape index (κ2) is 15.0. The van der Waals surface area contributed by atoms with Gasteiger partial charge in [0.1, 0.15) is 0 Å². The third-order valence-electron chi connectivity index (χ3n) is 9.06. The van der Waals surface area contributed by atoms with Gasteiger partial charge in [-0.05, 0) is 39.8 Å². The van der Waals surface area contributed by atoms with Gasteiger partial charge in [-0.25, -0.2) is 4.79 Å².